The van der Waals surface area contributed by atoms with Gasteiger partial charge in [-0.1, -0.05) is 76.1 Å². The van der Waals surface area contributed by atoms with Crippen molar-refractivity contribution in [1.82, 2.24) is 15.3 Å². The molecule has 2 rings (SSSR count). The third kappa shape index (κ3) is 13.1. The van der Waals surface area contributed by atoms with E-state index >= 15 is 0 Å². The number of carbonyl (C=O) groups excluding carboxylic acids is 1. The number of hydrogen-bond acceptors (Lipinski definition) is 8. The van der Waals surface area contributed by atoms with Crippen LogP contribution in [0.15, 0.2) is 64.5 Å². The number of carbonyl (C=O) groups is 1. The van der Waals surface area contributed by atoms with Gasteiger partial charge < -0.3 is 36.2 Å². The molecule has 11 heteroatoms. The smallest absolute Gasteiger partial charge is 0.263 e. The van der Waals surface area contributed by atoms with Crippen molar-refractivity contribution < 1.29 is 14.3 Å². The Balaban J connectivity index is 2.17. The van der Waals surface area contributed by atoms with E-state index in [0.717, 1.165) is 11.1 Å². The lowest BCUT2D eigenvalue weighted by molar-refractivity contribution is -0.134. The number of aromatic nitrogens is 2. The Hall–Kier alpha value is -3.73. The van der Waals surface area contributed by atoms with Gasteiger partial charge in [0.05, 0.1) is 18.4 Å². The molecular formula is C37H55ClN6O4. The van der Waals surface area contributed by atoms with Crippen LogP contribution in [0.1, 0.15) is 79.3 Å². The van der Waals surface area contributed by atoms with E-state index in [9.17, 15) is 9.59 Å². The summed E-state index contributed by atoms with van der Waals surface area (Å²) in [5.74, 6) is 1.04. The first kappa shape index (κ1) is 40.4. The summed E-state index contributed by atoms with van der Waals surface area (Å²) in [4.78, 5) is 33.9. The van der Waals surface area contributed by atoms with Crippen LogP contribution in [0.3, 0.4) is 0 Å². The van der Waals surface area contributed by atoms with Crippen molar-refractivity contribution in [1.29, 1.82) is 5.41 Å². The minimum absolute atomic E-state index is 0.0486. The van der Waals surface area contributed by atoms with Gasteiger partial charge in [0, 0.05) is 36.5 Å². The van der Waals surface area contributed by atoms with Gasteiger partial charge in [-0.2, -0.15) is 0 Å². The number of nitrogens with zero attached hydrogens (tertiary/aromatic N) is 1. The molecule has 0 saturated carbocycles. The summed E-state index contributed by atoms with van der Waals surface area (Å²) < 4.78 is 11.8. The summed E-state index contributed by atoms with van der Waals surface area (Å²) in [5, 5.41) is 15.4. The number of nitrogens with one attached hydrogen (secondary N) is 4. The second-order valence-corrected chi connectivity index (χ2v) is 14.4. The molecule has 0 radical (unpaired) electrons. The van der Waals surface area contributed by atoms with Crippen molar-refractivity contribution in [3.63, 3.8) is 0 Å². The molecule has 2 atom stereocenters. The first-order valence-electron chi connectivity index (χ1n) is 16.4. The molecule has 0 fully saturated rings. The minimum Gasteiger partial charge on any atom is -0.478 e. The molecule has 0 aliphatic rings. The lowest BCUT2D eigenvalue weighted by Crippen LogP contribution is -2.49. The molecule has 6 N–H and O–H groups in total. The maximum absolute atomic E-state index is 13.2. The SMILES string of the molecule is C=CC(C)/C=C(Cl)\C=C(\C)CNc1nc(Cc2ccc(OC(C)(C)C(=O)NCC(C)(C)COC(C)CN)cc2)[nH]c(=O)c1C(=N)C(C)C. The van der Waals surface area contributed by atoms with Crippen LogP contribution in [0.5, 0.6) is 5.75 Å². The largest absolute Gasteiger partial charge is 0.478 e. The molecule has 0 aliphatic carbocycles. The van der Waals surface area contributed by atoms with Crippen molar-refractivity contribution in [2.45, 2.75) is 80.4 Å². The highest BCUT2D eigenvalue weighted by atomic mass is 35.5. The summed E-state index contributed by atoms with van der Waals surface area (Å²) >= 11 is 6.38. The van der Waals surface area contributed by atoms with E-state index in [0.29, 0.717) is 55.1 Å². The molecule has 0 aliphatic heterocycles. The molecule has 2 aromatic rings. The Morgan fingerprint density at radius 2 is 1.81 bits per heavy atom. The number of allylic oxidation sites excluding steroid dienone is 4. The van der Waals surface area contributed by atoms with Gasteiger partial charge in [-0.05, 0) is 63.3 Å². The topological polar surface area (TPSA) is 155 Å². The molecule has 1 aromatic carbocycles. The van der Waals surface area contributed by atoms with Crippen molar-refractivity contribution in [2.24, 2.45) is 23.0 Å². The fourth-order valence-corrected chi connectivity index (χ4v) is 4.76. The lowest BCUT2D eigenvalue weighted by Gasteiger charge is -2.30. The molecule has 264 valence electrons. The van der Waals surface area contributed by atoms with Crippen LogP contribution < -0.4 is 26.7 Å². The number of amides is 1. The van der Waals surface area contributed by atoms with E-state index in [-0.39, 0.29) is 46.1 Å². The van der Waals surface area contributed by atoms with E-state index in [2.05, 4.69) is 22.2 Å². The molecule has 10 nitrogen and oxygen atoms in total. The first-order chi connectivity index (χ1) is 22.4. The van der Waals surface area contributed by atoms with Gasteiger partial charge in [0.2, 0.25) is 0 Å². The number of aromatic amines is 1. The average Bonchev–Trinajstić information content (AvgIpc) is 3.01. The maximum atomic E-state index is 13.2. The molecule has 0 saturated heterocycles. The van der Waals surface area contributed by atoms with Crippen molar-refractivity contribution >= 4 is 29.0 Å². The van der Waals surface area contributed by atoms with Crippen molar-refractivity contribution in [3.8, 4) is 5.75 Å². The summed E-state index contributed by atoms with van der Waals surface area (Å²) in [6, 6.07) is 7.31. The third-order valence-corrected chi connectivity index (χ3v) is 7.80. The fraction of sp³-hybridized carbons (Fsp3) is 0.514. The van der Waals surface area contributed by atoms with Gasteiger partial charge in [-0.15, -0.1) is 6.58 Å². The van der Waals surface area contributed by atoms with Crippen LogP contribution in [0.2, 0.25) is 0 Å². The van der Waals surface area contributed by atoms with E-state index < -0.39 is 5.60 Å². The monoisotopic (exact) mass is 682 g/mol. The second-order valence-electron chi connectivity index (χ2n) is 13.9. The van der Waals surface area contributed by atoms with Gasteiger partial charge in [-0.3, -0.25) is 9.59 Å². The fourth-order valence-electron chi connectivity index (χ4n) is 4.38. The highest BCUT2D eigenvalue weighted by Gasteiger charge is 2.31. The number of nitrogens with two attached hydrogens (primary N) is 1. The molecule has 1 aromatic heterocycles. The van der Waals surface area contributed by atoms with Crippen LogP contribution in [-0.2, 0) is 16.0 Å². The number of benzene rings is 1. The third-order valence-electron chi connectivity index (χ3n) is 7.56. The van der Waals surface area contributed by atoms with Crippen LogP contribution in [0, 0.1) is 22.7 Å². The number of rotatable bonds is 19. The number of hydrogen-bond donors (Lipinski definition) is 5. The highest BCUT2D eigenvalue weighted by molar-refractivity contribution is 6.31. The summed E-state index contributed by atoms with van der Waals surface area (Å²) in [6.07, 6.45) is 5.85. The Morgan fingerprint density at radius 1 is 1.17 bits per heavy atom. The number of H-pyrrole nitrogens is 1. The summed E-state index contributed by atoms with van der Waals surface area (Å²) in [5.41, 5.74) is 6.08. The van der Waals surface area contributed by atoms with Crippen LogP contribution in [0.4, 0.5) is 5.82 Å². The zero-order chi connectivity index (χ0) is 36.2. The van der Waals surface area contributed by atoms with Crippen LogP contribution >= 0.6 is 11.6 Å². The van der Waals surface area contributed by atoms with Gasteiger partial charge in [0.25, 0.3) is 11.5 Å². The molecule has 2 unspecified atom stereocenters. The van der Waals surface area contributed by atoms with Gasteiger partial charge in [0.1, 0.15) is 23.0 Å². The molecule has 1 heterocycles. The van der Waals surface area contributed by atoms with Gasteiger partial charge in [-0.25, -0.2) is 4.98 Å². The quantitative estimate of drug-likeness (QED) is 0.0657. The van der Waals surface area contributed by atoms with Gasteiger partial charge >= 0.3 is 0 Å². The van der Waals surface area contributed by atoms with Crippen molar-refractivity contribution in [2.75, 3.05) is 31.6 Å². The Bertz CT molecular complexity index is 1530. The number of ether oxygens (including phenoxy) is 2. The normalized spacial score (nSPS) is 14.0. The Labute approximate surface area is 291 Å². The Kier molecular flexibility index (Phi) is 15.3. The van der Waals surface area contributed by atoms with Crippen LogP contribution in [0.25, 0.3) is 0 Å². The maximum Gasteiger partial charge on any atom is 0.263 e. The molecule has 0 spiro atoms. The zero-order valence-corrected chi connectivity index (χ0v) is 30.8. The first-order valence-corrected chi connectivity index (χ1v) is 16.8. The summed E-state index contributed by atoms with van der Waals surface area (Å²) in [6.45, 7) is 22.5. The Morgan fingerprint density at radius 3 is 2.40 bits per heavy atom. The van der Waals surface area contributed by atoms with Crippen LogP contribution in [-0.4, -0.2) is 59.5 Å². The number of anilines is 1. The molecule has 48 heavy (non-hydrogen) atoms. The van der Waals surface area contributed by atoms with E-state index in [4.69, 9.17) is 37.2 Å². The molecule has 1 amide bonds. The predicted molar refractivity (Wildman–Crippen MR) is 197 cm³/mol. The second kappa shape index (κ2) is 18.1. The highest BCUT2D eigenvalue weighted by Crippen LogP contribution is 2.22. The minimum atomic E-state index is -1.12. The van der Waals surface area contributed by atoms with E-state index in [1.165, 1.54) is 0 Å². The average molecular weight is 683 g/mol. The molecule has 0 bridgehead atoms. The van der Waals surface area contributed by atoms with Crippen molar-refractivity contribution in [3.05, 3.63) is 87.0 Å². The predicted octanol–water partition coefficient (Wildman–Crippen LogP) is 6.35. The van der Waals surface area contributed by atoms with Gasteiger partial charge in [0.15, 0.2) is 5.60 Å². The standard InChI is InChI=1S/C37H55ClN6O4/c1-11-24(4)16-28(38)17-25(5)20-41-33-31(32(40)23(2)3)34(45)44-30(43-33)18-27-12-14-29(15-13-27)48-37(9,10)35(46)42-21-36(7,8)22-47-26(6)19-39/h11-17,23-24,26,40H,1,18-22,39H2,2-10H3,(H,42,46)(H2,41,43,44,45)/b25-17-,28-16+,40-32?. The lowest BCUT2D eigenvalue weighted by atomic mass is 9.94. The molecular weight excluding hydrogens is 628 g/mol. The zero-order valence-electron chi connectivity index (χ0n) is 30.1. The van der Waals surface area contributed by atoms with E-state index in [1.807, 2.05) is 78.8 Å². The summed E-state index contributed by atoms with van der Waals surface area (Å²) in [7, 11) is 0. The number of halogens is 1. The van der Waals surface area contributed by atoms with E-state index in [1.54, 1.807) is 26.0 Å².